The van der Waals surface area contributed by atoms with Gasteiger partial charge in [-0.15, -0.1) is 0 Å². The van der Waals surface area contributed by atoms with Gasteiger partial charge in [-0.25, -0.2) is 9.59 Å². The van der Waals surface area contributed by atoms with Gasteiger partial charge in [-0.2, -0.15) is 30.4 Å². The van der Waals surface area contributed by atoms with Crippen LogP contribution in [0.2, 0.25) is 0 Å². The highest BCUT2D eigenvalue weighted by molar-refractivity contribution is 7.86. The lowest BCUT2D eigenvalue weighted by molar-refractivity contribution is -0.269. The average Bonchev–Trinajstić information content (AvgIpc) is 2.79. The van der Waals surface area contributed by atoms with E-state index in [0.717, 1.165) is 0 Å². The van der Waals surface area contributed by atoms with Crippen LogP contribution in [0, 0.1) is 44.9 Å². The van der Waals surface area contributed by atoms with Gasteiger partial charge in [0, 0.05) is 6.42 Å². The molecule has 1 aromatic rings. The van der Waals surface area contributed by atoms with Crippen molar-refractivity contribution in [3.63, 3.8) is 0 Å². The van der Waals surface area contributed by atoms with E-state index >= 15 is 0 Å². The van der Waals surface area contributed by atoms with E-state index in [2.05, 4.69) is 4.74 Å². The highest BCUT2D eigenvalue weighted by Gasteiger charge is 2.69. The number of ether oxygens (including phenoxy) is 2. The molecule has 15 heteroatoms. The summed E-state index contributed by atoms with van der Waals surface area (Å²) in [5.41, 5.74) is -1.67. The van der Waals surface area contributed by atoms with Crippen LogP contribution in [0.1, 0.15) is 81.5 Å². The van der Waals surface area contributed by atoms with Gasteiger partial charge in [0.2, 0.25) is 0 Å². The van der Waals surface area contributed by atoms with Gasteiger partial charge in [-0.3, -0.25) is 9.35 Å². The van der Waals surface area contributed by atoms with Crippen molar-refractivity contribution in [1.29, 1.82) is 0 Å². The van der Waals surface area contributed by atoms with Crippen LogP contribution in [0.5, 0.6) is 0 Å². The summed E-state index contributed by atoms with van der Waals surface area (Å²) in [7, 11) is -6.62. The molecule has 9 nitrogen and oxygen atoms in total. The fourth-order valence-electron chi connectivity index (χ4n) is 7.31. The van der Waals surface area contributed by atoms with E-state index in [1.165, 1.54) is 6.92 Å². The Morgan fingerprint density at radius 1 is 0.878 bits per heavy atom. The molecule has 5 rings (SSSR count). The van der Waals surface area contributed by atoms with Crippen molar-refractivity contribution in [2.75, 3.05) is 0 Å². The topological polar surface area (TPSA) is 144 Å². The van der Waals surface area contributed by atoms with Gasteiger partial charge in [-0.1, -0.05) is 0 Å². The first-order valence-electron chi connectivity index (χ1n) is 12.7. The summed E-state index contributed by atoms with van der Waals surface area (Å²) in [5.74, 6) is -4.82. The highest BCUT2D eigenvalue weighted by atomic mass is 32.2. The third-order valence-corrected chi connectivity index (χ3v) is 9.93. The number of aromatic carboxylic acids is 1. The van der Waals surface area contributed by atoms with Gasteiger partial charge in [-0.05, 0) is 93.9 Å². The fraction of sp³-hybridized carbons (Fsp3) is 0.654. The van der Waals surface area contributed by atoms with Gasteiger partial charge in [0.05, 0.1) is 16.5 Å². The summed E-state index contributed by atoms with van der Waals surface area (Å²) >= 11 is 0. The van der Waals surface area contributed by atoms with Crippen molar-refractivity contribution in [2.24, 2.45) is 17.3 Å². The monoisotopic (exact) mass is 612 g/mol. The zero-order valence-corrected chi connectivity index (χ0v) is 23.3. The molecule has 4 saturated carbocycles. The van der Waals surface area contributed by atoms with Crippen molar-refractivity contribution < 1.29 is 63.9 Å². The number of hydrogen-bond donors (Lipinski definition) is 2. The number of hydrogen-bond acceptors (Lipinski definition) is 7. The second-order valence-electron chi connectivity index (χ2n) is 11.7. The van der Waals surface area contributed by atoms with Gasteiger partial charge in [0.1, 0.15) is 5.60 Å². The zero-order valence-electron chi connectivity index (χ0n) is 22.5. The maximum Gasteiger partial charge on any atom is 0.432 e. The normalized spacial score (nSPS) is 28.3. The predicted molar refractivity (Wildman–Crippen MR) is 130 cm³/mol. The molecule has 0 heterocycles. The molecule has 3 atom stereocenters. The van der Waals surface area contributed by atoms with E-state index in [0.29, 0.717) is 28.7 Å². The molecular formula is C26H29F5O9S. The molecule has 0 aromatic heterocycles. The summed E-state index contributed by atoms with van der Waals surface area (Å²) in [4.78, 5) is 38.9. The molecule has 4 bridgehead atoms. The largest absolute Gasteiger partial charge is 0.478 e. The Morgan fingerprint density at radius 2 is 1.37 bits per heavy atom. The predicted octanol–water partition coefficient (Wildman–Crippen LogP) is 5.07. The second kappa shape index (κ2) is 9.61. The molecule has 4 aliphatic carbocycles. The third-order valence-electron chi connectivity index (χ3n) is 9.03. The number of rotatable bonds is 7. The molecule has 0 spiro atoms. The molecule has 0 amide bonds. The average molecular weight is 613 g/mol. The molecule has 4 fully saturated rings. The van der Waals surface area contributed by atoms with Crippen molar-refractivity contribution >= 4 is 28.0 Å². The van der Waals surface area contributed by atoms with Crippen LogP contribution < -0.4 is 0 Å². The minimum atomic E-state index is -6.62. The third kappa shape index (κ3) is 5.08. The first-order chi connectivity index (χ1) is 18.6. The summed E-state index contributed by atoms with van der Waals surface area (Å²) in [6, 6.07) is 0. The van der Waals surface area contributed by atoms with Crippen LogP contribution in [0.15, 0.2) is 0 Å². The first-order valence-corrected chi connectivity index (χ1v) is 14.2. The highest BCUT2D eigenvalue weighted by Crippen LogP contribution is 2.63. The number of benzene rings is 1. The van der Waals surface area contributed by atoms with Crippen LogP contribution >= 0.6 is 0 Å². The SMILES string of the molecule is Cc1c(C)c(C)c(C(=O)OC23CC4CC(C2)CC(C(=O)OC(C(F)(F)F)C(F)(F)S(=O)(=O)O)(C4)C3)c(C(=O)O)c1C. The number of carbonyl (C=O) groups excluding carboxylic acids is 2. The standard InChI is InChI=1S/C26H29F5O9S/c1-11-12(2)14(4)18(17(13(11)3)19(32)33)20(34)40-24-8-15-5-16(9-24)7-23(6-15,10-24)22(35)39-21(25(27,28)29)26(30,31)41(36,37)38/h15-16,21H,5-10H2,1-4H3,(H,32,33)(H,36,37,38). The molecule has 0 aliphatic heterocycles. The van der Waals surface area contributed by atoms with Crippen LogP contribution in [0.4, 0.5) is 22.0 Å². The summed E-state index contributed by atoms with van der Waals surface area (Å²) < 4.78 is 110. The summed E-state index contributed by atoms with van der Waals surface area (Å²) in [6.45, 7) is 6.50. The maximum atomic E-state index is 14.1. The Morgan fingerprint density at radius 3 is 1.80 bits per heavy atom. The van der Waals surface area contributed by atoms with Crippen LogP contribution in [-0.4, -0.2) is 59.1 Å². The number of carboxylic acids is 1. The minimum Gasteiger partial charge on any atom is -0.478 e. The Balaban J connectivity index is 1.70. The van der Waals surface area contributed by atoms with Crippen molar-refractivity contribution in [2.45, 2.75) is 89.4 Å². The van der Waals surface area contributed by atoms with E-state index in [1.54, 1.807) is 20.8 Å². The van der Waals surface area contributed by atoms with Gasteiger partial charge < -0.3 is 14.6 Å². The number of carbonyl (C=O) groups is 3. The van der Waals surface area contributed by atoms with Gasteiger partial charge >= 0.3 is 39.5 Å². The number of halogens is 5. The van der Waals surface area contributed by atoms with E-state index in [-0.39, 0.29) is 55.1 Å². The van der Waals surface area contributed by atoms with E-state index in [4.69, 9.17) is 9.29 Å². The van der Waals surface area contributed by atoms with Crippen LogP contribution in [-0.2, 0) is 24.4 Å². The Bertz CT molecular complexity index is 1420. The number of alkyl halides is 5. The van der Waals surface area contributed by atoms with E-state index < -0.39 is 56.6 Å². The Hall–Kier alpha value is -2.81. The molecule has 1 aromatic carbocycles. The summed E-state index contributed by atoms with van der Waals surface area (Å²) in [6.07, 6.45) is -10.1. The van der Waals surface area contributed by atoms with Crippen LogP contribution in [0.25, 0.3) is 0 Å². The molecule has 0 saturated heterocycles. The molecule has 2 N–H and O–H groups in total. The molecular weight excluding hydrogens is 583 g/mol. The second-order valence-corrected chi connectivity index (χ2v) is 13.2. The molecule has 228 valence electrons. The first kappa shape index (κ1) is 31.1. The Labute approximate surface area is 232 Å². The Kier molecular flexibility index (Phi) is 7.30. The van der Waals surface area contributed by atoms with Crippen molar-refractivity contribution in [3.05, 3.63) is 33.4 Å². The van der Waals surface area contributed by atoms with Crippen molar-refractivity contribution in [3.8, 4) is 0 Å². The van der Waals surface area contributed by atoms with Gasteiger partial charge in [0.25, 0.3) is 6.10 Å². The molecule has 4 aliphatic rings. The smallest absolute Gasteiger partial charge is 0.432 e. The lowest BCUT2D eigenvalue weighted by atomic mass is 9.48. The van der Waals surface area contributed by atoms with E-state index in [1.807, 2.05) is 0 Å². The summed E-state index contributed by atoms with van der Waals surface area (Å²) in [5, 5.41) is 3.99. The molecule has 3 unspecified atom stereocenters. The number of carboxylic acid groups (broad SMARTS) is 1. The molecule has 0 radical (unpaired) electrons. The lowest BCUT2D eigenvalue weighted by Crippen LogP contribution is -2.61. The maximum absolute atomic E-state index is 14.1. The van der Waals surface area contributed by atoms with Crippen LogP contribution in [0.3, 0.4) is 0 Å². The van der Waals surface area contributed by atoms with Crippen molar-refractivity contribution in [1.82, 2.24) is 0 Å². The number of esters is 2. The fourth-order valence-corrected chi connectivity index (χ4v) is 7.76. The van der Waals surface area contributed by atoms with Gasteiger partial charge in [0.15, 0.2) is 0 Å². The lowest BCUT2D eigenvalue weighted by Gasteiger charge is -2.59. The quantitative estimate of drug-likeness (QED) is 0.245. The molecule has 41 heavy (non-hydrogen) atoms. The minimum absolute atomic E-state index is 0.0637. The zero-order chi connectivity index (χ0) is 31.1. The van der Waals surface area contributed by atoms with E-state index in [9.17, 15) is 49.9 Å².